The van der Waals surface area contributed by atoms with E-state index >= 15 is 0 Å². The molecule has 2 saturated heterocycles. The van der Waals surface area contributed by atoms with Crippen molar-refractivity contribution in [2.45, 2.75) is 53.4 Å². The Morgan fingerprint density at radius 2 is 0.692 bits per heavy atom. The average Bonchev–Trinajstić information content (AvgIpc) is 2.56. The summed E-state index contributed by atoms with van der Waals surface area (Å²) in [5, 5.41) is 8.37. The lowest BCUT2D eigenvalue weighted by Crippen LogP contribution is -2.61. The van der Waals surface area contributed by atoms with E-state index in [1.54, 1.807) is 27.7 Å². The second kappa shape index (κ2) is 8.07. The fraction of sp³-hybridized carbons (Fsp3) is 0.625. The van der Waals surface area contributed by atoms with E-state index in [-0.39, 0.29) is 0 Å². The maximum Gasteiger partial charge on any atom is 0.328 e. The van der Waals surface area contributed by atoms with E-state index in [4.69, 9.17) is 0 Å². The normalized spacial score (nSPS) is 20.9. The van der Waals surface area contributed by atoms with Gasteiger partial charge in [-0.1, -0.05) is 27.7 Å². The van der Waals surface area contributed by atoms with Crippen molar-refractivity contribution in [3.8, 4) is 0 Å². The molecule has 10 heteroatoms. The van der Waals surface area contributed by atoms with Gasteiger partial charge in [0.05, 0.1) is 0 Å². The molecule has 0 spiro atoms. The van der Waals surface area contributed by atoms with Gasteiger partial charge in [0.15, 0.2) is 0 Å². The molecule has 0 radical (unpaired) electrons. The van der Waals surface area contributed by atoms with Gasteiger partial charge in [-0.25, -0.2) is 9.59 Å². The molecule has 10 nitrogen and oxygen atoms in total. The van der Waals surface area contributed by atoms with Crippen molar-refractivity contribution >= 4 is 35.7 Å². The molecule has 0 bridgehead atoms. The smallest absolute Gasteiger partial charge is 0.277 e. The van der Waals surface area contributed by atoms with Crippen LogP contribution in [-0.4, -0.2) is 35.7 Å². The molecule has 0 aromatic carbocycles. The van der Waals surface area contributed by atoms with Gasteiger partial charge < -0.3 is 0 Å². The van der Waals surface area contributed by atoms with Gasteiger partial charge in [-0.15, -0.1) is 0 Å². The molecule has 0 aliphatic carbocycles. The number of nitrogens with one attached hydrogen (secondary N) is 4. The van der Waals surface area contributed by atoms with Crippen molar-refractivity contribution in [3.05, 3.63) is 0 Å². The van der Waals surface area contributed by atoms with E-state index in [2.05, 4.69) is 21.3 Å². The molecule has 0 unspecified atom stereocenters. The van der Waals surface area contributed by atoms with Crippen molar-refractivity contribution in [1.82, 2.24) is 21.3 Å². The number of carbonyl (C=O) groups excluding carboxylic acids is 6. The van der Waals surface area contributed by atoms with E-state index in [1.165, 1.54) is 0 Å². The lowest BCUT2D eigenvalue weighted by atomic mass is 9.79. The summed E-state index contributed by atoms with van der Waals surface area (Å²) in [5.74, 6) is -1.98. The first kappa shape index (κ1) is 21.3. The predicted octanol–water partition coefficient (Wildman–Crippen LogP) is 0.318. The van der Waals surface area contributed by atoms with Crippen LogP contribution >= 0.6 is 0 Å². The highest BCUT2D eigenvalue weighted by Gasteiger charge is 2.48. The van der Waals surface area contributed by atoms with E-state index in [0.717, 1.165) is 0 Å². The highest BCUT2D eigenvalue weighted by molar-refractivity contribution is 6.19. The molecule has 2 aliphatic rings. The molecule has 2 heterocycles. The first-order chi connectivity index (χ1) is 12.1. The molecular formula is C16H24N4O6. The molecule has 0 saturated carbocycles. The van der Waals surface area contributed by atoms with Gasteiger partial charge in [0.1, 0.15) is 10.8 Å². The monoisotopic (exact) mass is 368 g/mol. The lowest BCUT2D eigenvalue weighted by molar-refractivity contribution is -0.146. The standard InChI is InChI=1S/2C8H12N2O3/c2*1-3-8(4-2)5(11)9-7(13)10-6(8)12/h2*3-4H2,1-2H3,(H2,9,10,11,12,13). The zero-order valence-corrected chi connectivity index (χ0v) is 15.3. The van der Waals surface area contributed by atoms with Crippen LogP contribution in [0.25, 0.3) is 0 Å². The molecule has 2 rings (SSSR count). The van der Waals surface area contributed by atoms with Crippen LogP contribution in [0.2, 0.25) is 0 Å². The Hall–Kier alpha value is -2.78. The van der Waals surface area contributed by atoms with E-state index in [0.29, 0.717) is 25.7 Å². The quantitative estimate of drug-likeness (QED) is 0.525. The minimum atomic E-state index is -1.06. The molecular weight excluding hydrogens is 344 g/mol. The minimum absolute atomic E-state index is 0.397. The van der Waals surface area contributed by atoms with E-state index in [9.17, 15) is 28.8 Å². The van der Waals surface area contributed by atoms with Gasteiger partial charge in [-0.05, 0) is 25.7 Å². The van der Waals surface area contributed by atoms with Crippen LogP contribution in [0.3, 0.4) is 0 Å². The molecule has 2 aliphatic heterocycles. The second-order valence-corrected chi connectivity index (χ2v) is 6.05. The Labute approximate surface area is 150 Å². The molecule has 0 aromatic rings. The summed E-state index contributed by atoms with van der Waals surface area (Å²) in [5.41, 5.74) is -2.12. The number of hydrogen-bond acceptors (Lipinski definition) is 6. The van der Waals surface area contributed by atoms with E-state index < -0.39 is 46.5 Å². The number of hydrogen-bond donors (Lipinski definition) is 4. The number of imide groups is 4. The van der Waals surface area contributed by atoms with Crippen LogP contribution in [0.1, 0.15) is 53.4 Å². The van der Waals surface area contributed by atoms with Gasteiger partial charge in [0.2, 0.25) is 23.6 Å². The molecule has 8 amide bonds. The van der Waals surface area contributed by atoms with Crippen LogP contribution in [0, 0.1) is 10.8 Å². The van der Waals surface area contributed by atoms with Crippen LogP contribution in [-0.2, 0) is 19.2 Å². The number of urea groups is 2. The molecule has 0 atom stereocenters. The topological polar surface area (TPSA) is 151 Å². The summed E-state index contributed by atoms with van der Waals surface area (Å²) < 4.78 is 0. The van der Waals surface area contributed by atoms with Crippen molar-refractivity contribution < 1.29 is 28.8 Å². The zero-order valence-electron chi connectivity index (χ0n) is 15.3. The van der Waals surface area contributed by atoms with Crippen molar-refractivity contribution in [3.63, 3.8) is 0 Å². The van der Waals surface area contributed by atoms with Crippen molar-refractivity contribution in [2.75, 3.05) is 0 Å². The number of rotatable bonds is 4. The summed E-state index contributed by atoms with van der Waals surface area (Å²) >= 11 is 0. The summed E-state index contributed by atoms with van der Waals surface area (Å²) in [6.07, 6.45) is 1.59. The fourth-order valence-corrected chi connectivity index (χ4v) is 2.94. The second-order valence-electron chi connectivity index (χ2n) is 6.05. The average molecular weight is 368 g/mol. The van der Waals surface area contributed by atoms with Gasteiger partial charge >= 0.3 is 12.1 Å². The first-order valence-corrected chi connectivity index (χ1v) is 8.47. The highest BCUT2D eigenvalue weighted by atomic mass is 16.2. The SMILES string of the molecule is CCC1(CC)C(=O)NC(=O)NC1=O.CCC1(CC)C(=O)NC(=O)NC1=O. The van der Waals surface area contributed by atoms with Gasteiger partial charge in [-0.3, -0.25) is 40.4 Å². The Balaban J connectivity index is 0.000000260. The molecule has 2 fully saturated rings. The Morgan fingerprint density at radius 3 is 0.846 bits per heavy atom. The molecule has 0 aromatic heterocycles. The van der Waals surface area contributed by atoms with Crippen LogP contribution < -0.4 is 21.3 Å². The maximum atomic E-state index is 11.4. The van der Waals surface area contributed by atoms with Gasteiger partial charge in [-0.2, -0.15) is 0 Å². The van der Waals surface area contributed by atoms with Crippen LogP contribution in [0.5, 0.6) is 0 Å². The van der Waals surface area contributed by atoms with Crippen LogP contribution in [0.15, 0.2) is 0 Å². The number of carbonyl (C=O) groups is 6. The minimum Gasteiger partial charge on any atom is -0.277 e. The molecule has 4 N–H and O–H groups in total. The first-order valence-electron chi connectivity index (χ1n) is 8.47. The summed E-state index contributed by atoms with van der Waals surface area (Å²) in [7, 11) is 0. The third-order valence-corrected chi connectivity index (χ3v) is 5.06. The van der Waals surface area contributed by atoms with E-state index in [1.807, 2.05) is 0 Å². The Morgan fingerprint density at radius 1 is 0.500 bits per heavy atom. The third kappa shape index (κ3) is 3.58. The molecule has 144 valence electrons. The Kier molecular flexibility index (Phi) is 6.60. The third-order valence-electron chi connectivity index (χ3n) is 5.06. The highest BCUT2D eigenvalue weighted by Crippen LogP contribution is 2.29. The number of amides is 8. The maximum absolute atomic E-state index is 11.4. The predicted molar refractivity (Wildman–Crippen MR) is 89.4 cm³/mol. The lowest BCUT2D eigenvalue weighted by Gasteiger charge is -2.31. The summed E-state index contributed by atoms with van der Waals surface area (Å²) in [4.78, 5) is 67.1. The summed E-state index contributed by atoms with van der Waals surface area (Å²) in [6, 6.07) is -1.46. The fourth-order valence-electron chi connectivity index (χ4n) is 2.94. The largest absolute Gasteiger partial charge is 0.328 e. The Bertz CT molecular complexity index is 549. The number of barbiturate groups is 2. The van der Waals surface area contributed by atoms with Crippen LogP contribution in [0.4, 0.5) is 9.59 Å². The van der Waals surface area contributed by atoms with Crippen molar-refractivity contribution in [1.29, 1.82) is 0 Å². The zero-order chi connectivity index (χ0) is 20.1. The summed E-state index contributed by atoms with van der Waals surface area (Å²) in [6.45, 7) is 6.99. The van der Waals surface area contributed by atoms with Crippen molar-refractivity contribution in [2.24, 2.45) is 10.8 Å². The van der Waals surface area contributed by atoms with Gasteiger partial charge in [0.25, 0.3) is 0 Å². The van der Waals surface area contributed by atoms with Gasteiger partial charge in [0, 0.05) is 0 Å². The molecule has 26 heavy (non-hydrogen) atoms.